The van der Waals surface area contributed by atoms with E-state index < -0.39 is 0 Å². The monoisotopic (exact) mass is 458 g/mol. The summed E-state index contributed by atoms with van der Waals surface area (Å²) in [6.07, 6.45) is 7.69. The Morgan fingerprint density at radius 3 is 2.58 bits per heavy atom. The van der Waals surface area contributed by atoms with Crippen LogP contribution in [0, 0.1) is 0 Å². The van der Waals surface area contributed by atoms with Crippen LogP contribution in [0.2, 0.25) is 10.0 Å². The van der Waals surface area contributed by atoms with Crippen LogP contribution in [0.3, 0.4) is 0 Å². The van der Waals surface area contributed by atoms with Crippen molar-refractivity contribution in [2.75, 3.05) is 39.3 Å². The highest BCUT2D eigenvalue weighted by atomic mass is 35.5. The molecular weight excluding hydrogens is 427 g/mol. The van der Waals surface area contributed by atoms with Crippen molar-refractivity contribution in [1.82, 2.24) is 9.80 Å². The van der Waals surface area contributed by atoms with Crippen molar-refractivity contribution in [1.29, 1.82) is 0 Å². The average Bonchev–Trinajstić information content (AvgIpc) is 3.28. The van der Waals surface area contributed by atoms with E-state index in [1.54, 1.807) is 0 Å². The number of nitrogens with zero attached hydrogens (tertiary/aromatic N) is 2. The van der Waals surface area contributed by atoms with Gasteiger partial charge in [-0.3, -0.25) is 4.90 Å². The Bertz CT molecular complexity index is 912. The molecule has 3 aliphatic rings. The third-order valence-corrected chi connectivity index (χ3v) is 7.99. The maximum Gasteiger partial charge on any atom is 0.119 e. The van der Waals surface area contributed by atoms with E-state index in [0.717, 1.165) is 31.9 Å². The van der Waals surface area contributed by atoms with Crippen LogP contribution in [0.25, 0.3) is 0 Å². The SMILES string of the molecule is Clc1ccc([C@H]2CN3CCC[C@@H]3c3cc(OCCCN4CCCCC4)ccc32)cc1Cl. The number of hydrogen-bond donors (Lipinski definition) is 0. The molecule has 2 atom stereocenters. The van der Waals surface area contributed by atoms with E-state index >= 15 is 0 Å². The van der Waals surface area contributed by atoms with Crippen LogP contribution in [0.5, 0.6) is 5.75 Å². The van der Waals surface area contributed by atoms with Crippen LogP contribution >= 0.6 is 23.2 Å². The summed E-state index contributed by atoms with van der Waals surface area (Å²) in [5, 5.41) is 1.26. The van der Waals surface area contributed by atoms with Crippen molar-refractivity contribution < 1.29 is 4.74 Å². The fourth-order valence-corrected chi connectivity index (χ4v) is 5.96. The van der Waals surface area contributed by atoms with E-state index in [1.807, 2.05) is 12.1 Å². The highest BCUT2D eigenvalue weighted by Crippen LogP contribution is 2.45. The maximum absolute atomic E-state index is 6.35. The average molecular weight is 459 g/mol. The molecule has 31 heavy (non-hydrogen) atoms. The molecule has 0 radical (unpaired) electrons. The number of piperidine rings is 1. The van der Waals surface area contributed by atoms with E-state index in [1.165, 1.54) is 68.4 Å². The minimum atomic E-state index is 0.326. The van der Waals surface area contributed by atoms with Crippen LogP contribution in [-0.2, 0) is 0 Å². The van der Waals surface area contributed by atoms with Crippen molar-refractivity contribution in [3.05, 3.63) is 63.1 Å². The van der Waals surface area contributed by atoms with E-state index in [9.17, 15) is 0 Å². The Kier molecular flexibility index (Phi) is 6.75. The lowest BCUT2D eigenvalue weighted by atomic mass is 9.81. The van der Waals surface area contributed by atoms with Crippen molar-refractivity contribution in [3.8, 4) is 5.75 Å². The molecule has 0 aromatic heterocycles. The number of hydrogen-bond acceptors (Lipinski definition) is 3. The third-order valence-electron chi connectivity index (χ3n) is 7.26. The number of rotatable bonds is 6. The summed E-state index contributed by atoms with van der Waals surface area (Å²) in [6.45, 7) is 6.67. The molecule has 0 spiro atoms. The van der Waals surface area contributed by atoms with Crippen molar-refractivity contribution in [2.45, 2.75) is 50.5 Å². The summed E-state index contributed by atoms with van der Waals surface area (Å²) >= 11 is 12.5. The van der Waals surface area contributed by atoms with Gasteiger partial charge < -0.3 is 9.64 Å². The first kappa shape index (κ1) is 21.6. The highest BCUT2D eigenvalue weighted by Gasteiger charge is 2.36. The lowest BCUT2D eigenvalue weighted by Crippen LogP contribution is -2.34. The Labute approximate surface area is 196 Å². The predicted octanol–water partition coefficient (Wildman–Crippen LogP) is 6.53. The standard InChI is InChI=1S/C26H32Cl2N2O/c27-24-10-7-19(16-25(24)28)23-18-30-14-4-6-26(30)22-17-20(8-9-21(22)23)31-15-5-13-29-11-2-1-3-12-29/h7-10,16-17,23,26H,1-6,11-15,18H2/t23-,26-/m1/s1. The van der Waals surface area contributed by atoms with E-state index in [-0.39, 0.29) is 0 Å². The van der Waals surface area contributed by atoms with Gasteiger partial charge in [0.25, 0.3) is 0 Å². The first-order valence-corrected chi connectivity index (χ1v) is 12.6. The molecule has 0 saturated carbocycles. The molecule has 5 heteroatoms. The summed E-state index contributed by atoms with van der Waals surface area (Å²) in [6, 6.07) is 13.4. The second kappa shape index (κ2) is 9.70. The maximum atomic E-state index is 6.35. The van der Waals surface area contributed by atoms with Gasteiger partial charge in [0.2, 0.25) is 0 Å². The highest BCUT2D eigenvalue weighted by molar-refractivity contribution is 6.42. The van der Waals surface area contributed by atoms with Crippen molar-refractivity contribution in [2.24, 2.45) is 0 Å². The second-order valence-corrected chi connectivity index (χ2v) is 10.1. The predicted molar refractivity (Wildman–Crippen MR) is 129 cm³/mol. The molecule has 0 unspecified atom stereocenters. The van der Waals surface area contributed by atoms with Gasteiger partial charge in [0, 0.05) is 25.0 Å². The summed E-state index contributed by atoms with van der Waals surface area (Å²) in [5.41, 5.74) is 4.10. The van der Waals surface area contributed by atoms with Gasteiger partial charge in [-0.25, -0.2) is 0 Å². The molecule has 166 valence electrons. The fourth-order valence-electron chi connectivity index (χ4n) is 5.65. The van der Waals surface area contributed by atoms with Gasteiger partial charge >= 0.3 is 0 Å². The quantitative estimate of drug-likeness (QED) is 0.457. The Hall–Kier alpha value is -1.26. The second-order valence-electron chi connectivity index (χ2n) is 9.27. The first-order chi connectivity index (χ1) is 15.2. The molecular formula is C26H32Cl2N2O. The van der Waals surface area contributed by atoms with Crippen molar-refractivity contribution in [3.63, 3.8) is 0 Å². The van der Waals surface area contributed by atoms with Gasteiger partial charge in [0.15, 0.2) is 0 Å². The van der Waals surface area contributed by atoms with Gasteiger partial charge in [0.05, 0.1) is 16.7 Å². The minimum Gasteiger partial charge on any atom is -0.494 e. The molecule has 0 bridgehead atoms. The molecule has 0 N–H and O–H groups in total. The normalized spacial score (nSPS) is 24.1. The summed E-state index contributed by atoms with van der Waals surface area (Å²) in [5.74, 6) is 1.34. The van der Waals surface area contributed by atoms with Gasteiger partial charge in [0.1, 0.15) is 5.75 Å². The molecule has 5 rings (SSSR count). The van der Waals surface area contributed by atoms with E-state index in [0.29, 0.717) is 22.0 Å². The van der Waals surface area contributed by atoms with Gasteiger partial charge in [-0.05, 0) is 92.7 Å². The minimum absolute atomic E-state index is 0.326. The molecule has 2 saturated heterocycles. The molecule has 2 aromatic rings. The zero-order chi connectivity index (χ0) is 21.2. The number of fused-ring (bicyclic) bond motifs is 3. The Morgan fingerprint density at radius 2 is 1.74 bits per heavy atom. The summed E-state index contributed by atoms with van der Waals surface area (Å²) in [4.78, 5) is 5.22. The summed E-state index contributed by atoms with van der Waals surface area (Å²) in [7, 11) is 0. The zero-order valence-corrected chi connectivity index (χ0v) is 19.7. The summed E-state index contributed by atoms with van der Waals surface area (Å²) < 4.78 is 6.20. The van der Waals surface area contributed by atoms with Crippen LogP contribution in [0.4, 0.5) is 0 Å². The molecule has 0 aliphatic carbocycles. The molecule has 2 aromatic carbocycles. The first-order valence-electron chi connectivity index (χ1n) is 11.9. The van der Waals surface area contributed by atoms with E-state index in [4.69, 9.17) is 27.9 Å². The van der Waals surface area contributed by atoms with Crippen LogP contribution < -0.4 is 4.74 Å². The Balaban J connectivity index is 1.31. The van der Waals surface area contributed by atoms with Gasteiger partial charge in [-0.1, -0.05) is 41.8 Å². The number of likely N-dealkylation sites (tertiary alicyclic amines) is 1. The lowest BCUT2D eigenvalue weighted by molar-refractivity contribution is 0.204. The van der Waals surface area contributed by atoms with Gasteiger partial charge in [-0.15, -0.1) is 0 Å². The molecule has 0 amide bonds. The van der Waals surface area contributed by atoms with Crippen LogP contribution in [0.15, 0.2) is 36.4 Å². The lowest BCUT2D eigenvalue weighted by Gasteiger charge is -2.38. The number of ether oxygens (including phenoxy) is 1. The Morgan fingerprint density at radius 1 is 0.871 bits per heavy atom. The number of halogens is 2. The topological polar surface area (TPSA) is 15.7 Å². The van der Waals surface area contributed by atoms with E-state index in [2.05, 4.69) is 34.1 Å². The molecule has 3 aliphatic heterocycles. The third kappa shape index (κ3) is 4.75. The number of benzene rings is 2. The van der Waals surface area contributed by atoms with Gasteiger partial charge in [-0.2, -0.15) is 0 Å². The molecule has 2 fully saturated rings. The zero-order valence-electron chi connectivity index (χ0n) is 18.2. The van der Waals surface area contributed by atoms with Crippen molar-refractivity contribution >= 4 is 23.2 Å². The smallest absolute Gasteiger partial charge is 0.119 e. The van der Waals surface area contributed by atoms with Crippen LogP contribution in [-0.4, -0.2) is 49.1 Å². The van der Waals surface area contributed by atoms with Crippen LogP contribution in [0.1, 0.15) is 67.2 Å². The largest absolute Gasteiger partial charge is 0.494 e. The fraction of sp³-hybridized carbons (Fsp3) is 0.538. The molecule has 3 heterocycles. The molecule has 3 nitrogen and oxygen atoms in total.